The van der Waals surface area contributed by atoms with Gasteiger partial charge in [-0.1, -0.05) is 12.1 Å². The summed E-state index contributed by atoms with van der Waals surface area (Å²) >= 11 is 0. The average molecular weight is 377 g/mol. The number of hydrogen-bond acceptors (Lipinski definition) is 4. The summed E-state index contributed by atoms with van der Waals surface area (Å²) in [5.41, 5.74) is 0.573. The molecule has 26 heavy (non-hydrogen) atoms. The topological polar surface area (TPSA) is 63.7 Å². The lowest BCUT2D eigenvalue weighted by atomic mass is 9.89. The Kier molecular flexibility index (Phi) is 5.38. The van der Waals surface area contributed by atoms with Gasteiger partial charge < -0.3 is 4.74 Å². The Morgan fingerprint density at radius 3 is 2.38 bits per heavy atom. The minimum Gasteiger partial charge on any atom is -0.497 e. The van der Waals surface area contributed by atoms with Crippen LogP contribution in [-0.4, -0.2) is 38.7 Å². The molecule has 1 saturated heterocycles. The number of carbonyl (C=O) groups excluding carboxylic acids is 1. The van der Waals surface area contributed by atoms with Crippen molar-refractivity contribution in [1.29, 1.82) is 0 Å². The van der Waals surface area contributed by atoms with Gasteiger partial charge in [0.2, 0.25) is 10.0 Å². The highest BCUT2D eigenvalue weighted by Crippen LogP contribution is 2.27. The molecule has 0 amide bonds. The van der Waals surface area contributed by atoms with Crippen molar-refractivity contribution in [2.75, 3.05) is 20.2 Å². The molecule has 2 aromatic carbocycles. The minimum absolute atomic E-state index is 0.00253. The lowest BCUT2D eigenvalue weighted by molar-refractivity contribution is 0.0875. The number of hydrogen-bond donors (Lipinski definition) is 0. The summed E-state index contributed by atoms with van der Waals surface area (Å²) in [5, 5.41) is 0. The molecule has 2 aromatic rings. The molecule has 7 heteroatoms. The zero-order valence-electron chi connectivity index (χ0n) is 14.4. The molecule has 0 bridgehead atoms. The van der Waals surface area contributed by atoms with Gasteiger partial charge in [0.15, 0.2) is 5.78 Å². The first kappa shape index (κ1) is 18.5. The molecule has 1 heterocycles. The standard InChI is InChI=1S/C19H20FNO4S/c1-25-17-4-2-3-15(13-17)19(22)14-9-11-21(12-10-14)26(23,24)18-7-5-16(20)6-8-18/h2-8,13-14H,9-12H2,1H3. The lowest BCUT2D eigenvalue weighted by Crippen LogP contribution is -2.40. The molecular formula is C19H20FNO4S. The van der Waals surface area contributed by atoms with Crippen LogP contribution in [0.5, 0.6) is 5.75 Å². The maximum atomic E-state index is 13.0. The van der Waals surface area contributed by atoms with E-state index in [2.05, 4.69) is 0 Å². The Labute approximate surface area is 152 Å². The van der Waals surface area contributed by atoms with E-state index < -0.39 is 15.8 Å². The molecule has 138 valence electrons. The number of Topliss-reactive ketones (excluding diaryl/α,β-unsaturated/α-hetero) is 1. The molecule has 0 N–H and O–H groups in total. The average Bonchev–Trinajstić information content (AvgIpc) is 2.68. The summed E-state index contributed by atoms with van der Waals surface area (Å²) in [6.07, 6.45) is 0.910. The van der Waals surface area contributed by atoms with E-state index in [0.717, 1.165) is 12.1 Å². The van der Waals surface area contributed by atoms with Gasteiger partial charge in [0.1, 0.15) is 11.6 Å². The molecular weight excluding hydrogens is 357 g/mol. The second kappa shape index (κ2) is 7.55. The molecule has 0 atom stereocenters. The Bertz CT molecular complexity index is 888. The van der Waals surface area contributed by atoms with Crippen LogP contribution < -0.4 is 4.74 Å². The largest absolute Gasteiger partial charge is 0.497 e. The number of ketones is 1. The van der Waals surface area contributed by atoms with Crippen LogP contribution in [0.2, 0.25) is 0 Å². The van der Waals surface area contributed by atoms with E-state index in [0.29, 0.717) is 24.2 Å². The van der Waals surface area contributed by atoms with Gasteiger partial charge in [0.25, 0.3) is 0 Å². The summed E-state index contributed by atoms with van der Waals surface area (Å²) < 4.78 is 44.8. The molecule has 0 aromatic heterocycles. The number of methoxy groups -OCH3 is 1. The van der Waals surface area contributed by atoms with Crippen LogP contribution >= 0.6 is 0 Å². The highest BCUT2D eigenvalue weighted by molar-refractivity contribution is 7.89. The van der Waals surface area contributed by atoms with Gasteiger partial charge in [-0.05, 0) is 49.2 Å². The van der Waals surface area contributed by atoms with Gasteiger partial charge in [0.05, 0.1) is 12.0 Å². The van der Waals surface area contributed by atoms with E-state index in [1.165, 1.54) is 16.4 Å². The Morgan fingerprint density at radius 1 is 1.12 bits per heavy atom. The third-order valence-corrected chi connectivity index (χ3v) is 6.54. The van der Waals surface area contributed by atoms with E-state index in [1.807, 2.05) is 0 Å². The number of sulfonamides is 1. The third-order valence-electron chi connectivity index (χ3n) is 4.63. The molecule has 0 aliphatic carbocycles. The van der Waals surface area contributed by atoms with Crippen molar-refractivity contribution in [1.82, 2.24) is 4.31 Å². The zero-order chi connectivity index (χ0) is 18.7. The number of nitrogens with zero attached hydrogens (tertiary/aromatic N) is 1. The fourth-order valence-corrected chi connectivity index (χ4v) is 4.60. The fourth-order valence-electron chi connectivity index (χ4n) is 3.13. The summed E-state index contributed by atoms with van der Waals surface area (Å²) in [4.78, 5) is 12.7. The van der Waals surface area contributed by atoms with Gasteiger partial charge in [-0.15, -0.1) is 0 Å². The van der Waals surface area contributed by atoms with Crippen LogP contribution in [0, 0.1) is 11.7 Å². The van der Waals surface area contributed by atoms with Gasteiger partial charge in [-0.25, -0.2) is 12.8 Å². The SMILES string of the molecule is COc1cccc(C(=O)C2CCN(S(=O)(=O)c3ccc(F)cc3)CC2)c1. The summed E-state index contributed by atoms with van der Waals surface area (Å²) in [6, 6.07) is 11.8. The monoisotopic (exact) mass is 377 g/mol. The lowest BCUT2D eigenvalue weighted by Gasteiger charge is -2.30. The van der Waals surface area contributed by atoms with Crippen molar-refractivity contribution in [2.24, 2.45) is 5.92 Å². The van der Waals surface area contributed by atoms with E-state index in [4.69, 9.17) is 4.74 Å². The molecule has 1 aliphatic heterocycles. The van der Waals surface area contributed by atoms with Crippen molar-refractivity contribution in [3.05, 3.63) is 59.9 Å². The number of piperidine rings is 1. The first-order chi connectivity index (χ1) is 12.4. The Morgan fingerprint density at radius 2 is 1.77 bits per heavy atom. The van der Waals surface area contributed by atoms with Crippen molar-refractivity contribution in [3.8, 4) is 5.75 Å². The maximum Gasteiger partial charge on any atom is 0.243 e. The van der Waals surface area contributed by atoms with Crippen LogP contribution in [0.1, 0.15) is 23.2 Å². The second-order valence-corrected chi connectivity index (χ2v) is 8.17. The maximum absolute atomic E-state index is 13.0. The van der Waals surface area contributed by atoms with E-state index >= 15 is 0 Å². The summed E-state index contributed by atoms with van der Waals surface area (Å²) in [5.74, 6) is -0.0804. The molecule has 0 saturated carbocycles. The predicted octanol–water partition coefficient (Wildman–Crippen LogP) is 3.12. The van der Waals surface area contributed by atoms with Crippen molar-refractivity contribution < 1.29 is 22.3 Å². The highest BCUT2D eigenvalue weighted by atomic mass is 32.2. The van der Waals surface area contributed by atoms with Gasteiger partial charge in [-0.2, -0.15) is 4.31 Å². The third kappa shape index (κ3) is 3.78. The van der Waals surface area contributed by atoms with Crippen molar-refractivity contribution in [3.63, 3.8) is 0 Å². The molecule has 3 rings (SSSR count). The van der Waals surface area contributed by atoms with Crippen molar-refractivity contribution in [2.45, 2.75) is 17.7 Å². The summed E-state index contributed by atoms with van der Waals surface area (Å²) in [7, 11) is -2.12. The molecule has 0 radical (unpaired) electrons. The zero-order valence-corrected chi connectivity index (χ0v) is 15.2. The first-order valence-electron chi connectivity index (χ1n) is 8.36. The Balaban J connectivity index is 1.68. The number of rotatable bonds is 5. The predicted molar refractivity (Wildman–Crippen MR) is 95.2 cm³/mol. The van der Waals surface area contributed by atoms with Crippen LogP contribution in [0.4, 0.5) is 4.39 Å². The second-order valence-electron chi connectivity index (χ2n) is 6.23. The minimum atomic E-state index is -3.67. The van der Waals surface area contributed by atoms with Gasteiger partial charge >= 0.3 is 0 Å². The number of ether oxygens (including phenoxy) is 1. The van der Waals surface area contributed by atoms with Crippen molar-refractivity contribution >= 4 is 15.8 Å². The smallest absolute Gasteiger partial charge is 0.243 e. The molecule has 1 fully saturated rings. The van der Waals surface area contributed by atoms with Crippen LogP contribution in [-0.2, 0) is 10.0 Å². The fraction of sp³-hybridized carbons (Fsp3) is 0.316. The summed E-state index contributed by atoms with van der Waals surface area (Å²) in [6.45, 7) is 0.528. The van der Waals surface area contributed by atoms with Crippen LogP contribution in [0.25, 0.3) is 0 Å². The number of halogens is 1. The first-order valence-corrected chi connectivity index (χ1v) is 9.80. The molecule has 1 aliphatic rings. The van der Waals surface area contributed by atoms with Gasteiger partial charge in [0, 0.05) is 24.6 Å². The highest BCUT2D eigenvalue weighted by Gasteiger charge is 2.32. The normalized spacial score (nSPS) is 16.4. The molecule has 0 spiro atoms. The number of benzene rings is 2. The van der Waals surface area contributed by atoms with Crippen LogP contribution in [0.15, 0.2) is 53.4 Å². The van der Waals surface area contributed by atoms with E-state index in [9.17, 15) is 17.6 Å². The molecule has 5 nitrogen and oxygen atoms in total. The Hall–Kier alpha value is -2.25. The molecule has 0 unspecified atom stereocenters. The van der Waals surface area contributed by atoms with Crippen LogP contribution in [0.3, 0.4) is 0 Å². The quantitative estimate of drug-likeness (QED) is 0.751. The van der Waals surface area contributed by atoms with E-state index in [-0.39, 0.29) is 29.7 Å². The van der Waals surface area contributed by atoms with E-state index in [1.54, 1.807) is 31.4 Å². The number of carbonyl (C=O) groups is 1. The van der Waals surface area contributed by atoms with Gasteiger partial charge in [-0.3, -0.25) is 4.79 Å².